The predicted octanol–water partition coefficient (Wildman–Crippen LogP) is 1.18. The summed E-state index contributed by atoms with van der Waals surface area (Å²) in [6, 6.07) is 0. The van der Waals surface area contributed by atoms with Gasteiger partial charge in [0.25, 0.3) is 0 Å². The maximum absolute atomic E-state index is 10.7. The second-order valence-electron chi connectivity index (χ2n) is 2.24. The molecule has 0 aromatic heterocycles. The monoisotopic (exact) mass is 184 g/mol. The van der Waals surface area contributed by atoms with Crippen LogP contribution in [0.15, 0.2) is 24.7 Å². The van der Waals surface area contributed by atoms with Crippen molar-refractivity contribution >= 4 is 12.3 Å². The Balaban J connectivity index is 3.69. The molecule has 0 aromatic carbocycles. The fourth-order valence-electron chi connectivity index (χ4n) is 0.502. The minimum absolute atomic E-state index is 0.0560. The minimum Gasteiger partial charge on any atom is -0.458 e. The molecule has 0 saturated heterocycles. The van der Waals surface area contributed by atoms with Crippen molar-refractivity contribution in [2.75, 3.05) is 6.61 Å². The van der Waals surface area contributed by atoms with E-state index in [1.54, 1.807) is 6.92 Å². The number of allylic oxidation sites excluding steroid dienone is 1. The van der Waals surface area contributed by atoms with Gasteiger partial charge < -0.3 is 9.47 Å². The lowest BCUT2D eigenvalue weighted by molar-refractivity contribution is -0.143. The molecule has 0 unspecified atom stereocenters. The van der Waals surface area contributed by atoms with Crippen molar-refractivity contribution in [2.45, 2.75) is 13.3 Å². The van der Waals surface area contributed by atoms with Crippen molar-refractivity contribution in [3.8, 4) is 0 Å². The standard InChI is InChI=1S/C9H12O4/c1-4-9(11)12-6-8(3)13-7(2)5-10/h5H,2-4,6H2,1H3. The first-order chi connectivity index (χ1) is 6.10. The summed E-state index contributed by atoms with van der Waals surface area (Å²) < 4.78 is 9.44. The molecule has 0 saturated carbocycles. The van der Waals surface area contributed by atoms with E-state index in [-0.39, 0.29) is 24.1 Å². The normalized spacial score (nSPS) is 8.69. The third-order valence-corrected chi connectivity index (χ3v) is 1.09. The molecule has 13 heavy (non-hydrogen) atoms. The van der Waals surface area contributed by atoms with Crippen molar-refractivity contribution in [1.29, 1.82) is 0 Å². The molecule has 0 aliphatic rings. The van der Waals surface area contributed by atoms with Gasteiger partial charge in [0.2, 0.25) is 0 Å². The van der Waals surface area contributed by atoms with E-state index in [1.165, 1.54) is 0 Å². The Morgan fingerprint density at radius 1 is 1.46 bits per heavy atom. The van der Waals surface area contributed by atoms with Crippen LogP contribution >= 0.6 is 0 Å². The Kier molecular flexibility index (Phi) is 5.27. The summed E-state index contributed by atoms with van der Waals surface area (Å²) in [5.74, 6) is -0.224. The lowest BCUT2D eigenvalue weighted by Gasteiger charge is -2.07. The SMILES string of the molecule is C=C(C=O)OC(=C)COC(=O)CC. The van der Waals surface area contributed by atoms with Gasteiger partial charge in [-0.25, -0.2) is 0 Å². The number of aldehydes is 1. The molecule has 0 aromatic rings. The predicted molar refractivity (Wildman–Crippen MR) is 46.7 cm³/mol. The van der Waals surface area contributed by atoms with E-state index in [1.807, 2.05) is 0 Å². The average molecular weight is 184 g/mol. The van der Waals surface area contributed by atoms with Gasteiger partial charge in [-0.3, -0.25) is 9.59 Å². The Morgan fingerprint density at radius 3 is 2.54 bits per heavy atom. The number of carbonyl (C=O) groups excluding carboxylic acids is 2. The molecule has 72 valence electrons. The first-order valence-electron chi connectivity index (χ1n) is 3.75. The quantitative estimate of drug-likeness (QED) is 0.269. The summed E-state index contributed by atoms with van der Waals surface area (Å²) in [4.78, 5) is 20.7. The van der Waals surface area contributed by atoms with Crippen molar-refractivity contribution in [1.82, 2.24) is 0 Å². The van der Waals surface area contributed by atoms with Crippen LogP contribution in [0.2, 0.25) is 0 Å². The van der Waals surface area contributed by atoms with Crippen molar-refractivity contribution in [2.24, 2.45) is 0 Å². The Morgan fingerprint density at radius 2 is 2.08 bits per heavy atom. The van der Waals surface area contributed by atoms with Crippen LogP contribution in [0.1, 0.15) is 13.3 Å². The summed E-state index contributed by atoms with van der Waals surface area (Å²) in [7, 11) is 0. The molecule has 0 atom stereocenters. The maximum atomic E-state index is 10.7. The van der Waals surface area contributed by atoms with Gasteiger partial charge >= 0.3 is 5.97 Å². The minimum atomic E-state index is -0.346. The smallest absolute Gasteiger partial charge is 0.305 e. The number of rotatable bonds is 6. The van der Waals surface area contributed by atoms with E-state index in [0.717, 1.165) is 0 Å². The van der Waals surface area contributed by atoms with Crippen LogP contribution in [0.5, 0.6) is 0 Å². The van der Waals surface area contributed by atoms with E-state index in [4.69, 9.17) is 4.74 Å². The summed E-state index contributed by atoms with van der Waals surface area (Å²) in [5.41, 5.74) is 0. The maximum Gasteiger partial charge on any atom is 0.305 e. The van der Waals surface area contributed by atoms with Gasteiger partial charge in [-0.05, 0) is 0 Å². The Labute approximate surface area is 76.8 Å². The Hall–Kier alpha value is -1.58. The number of hydrogen-bond acceptors (Lipinski definition) is 4. The highest BCUT2D eigenvalue weighted by Crippen LogP contribution is 2.01. The average Bonchev–Trinajstić information content (AvgIpc) is 2.13. The number of carbonyl (C=O) groups is 2. The number of hydrogen-bond donors (Lipinski definition) is 0. The van der Waals surface area contributed by atoms with Gasteiger partial charge in [0.05, 0.1) is 0 Å². The second-order valence-corrected chi connectivity index (χ2v) is 2.24. The molecule has 0 fully saturated rings. The summed E-state index contributed by atoms with van der Waals surface area (Å²) in [5, 5.41) is 0. The zero-order valence-corrected chi connectivity index (χ0v) is 7.54. The first-order valence-corrected chi connectivity index (χ1v) is 3.75. The molecule has 0 radical (unpaired) electrons. The van der Waals surface area contributed by atoms with Crippen LogP contribution in [-0.2, 0) is 19.1 Å². The fourth-order valence-corrected chi connectivity index (χ4v) is 0.502. The molecule has 0 bridgehead atoms. The Bertz CT molecular complexity index is 230. The van der Waals surface area contributed by atoms with Crippen LogP contribution < -0.4 is 0 Å². The molecular formula is C9H12O4. The largest absolute Gasteiger partial charge is 0.458 e. The van der Waals surface area contributed by atoms with Crippen LogP contribution in [0, 0.1) is 0 Å². The van der Waals surface area contributed by atoms with E-state index >= 15 is 0 Å². The van der Waals surface area contributed by atoms with Crippen LogP contribution in [0.25, 0.3) is 0 Å². The van der Waals surface area contributed by atoms with Gasteiger partial charge in [-0.1, -0.05) is 20.1 Å². The second kappa shape index (κ2) is 5.99. The zero-order valence-electron chi connectivity index (χ0n) is 7.54. The van der Waals surface area contributed by atoms with Gasteiger partial charge in [-0.15, -0.1) is 0 Å². The lowest BCUT2D eigenvalue weighted by atomic mass is 10.5. The summed E-state index contributed by atoms with van der Waals surface area (Å²) >= 11 is 0. The number of ether oxygens (including phenoxy) is 2. The molecule has 0 amide bonds. The van der Waals surface area contributed by atoms with E-state index in [9.17, 15) is 9.59 Å². The van der Waals surface area contributed by atoms with Gasteiger partial charge in [0.1, 0.15) is 12.4 Å². The number of esters is 1. The fraction of sp³-hybridized carbons (Fsp3) is 0.333. The summed E-state index contributed by atoms with van der Waals surface area (Å²) in [6.07, 6.45) is 0.745. The molecular weight excluding hydrogens is 172 g/mol. The highest BCUT2D eigenvalue weighted by atomic mass is 16.6. The van der Waals surface area contributed by atoms with Crippen molar-refractivity contribution < 1.29 is 19.1 Å². The molecule has 0 spiro atoms. The molecule has 0 rings (SSSR count). The third kappa shape index (κ3) is 5.66. The van der Waals surface area contributed by atoms with Gasteiger partial charge in [-0.2, -0.15) is 0 Å². The first kappa shape index (κ1) is 11.4. The summed E-state index contributed by atoms with van der Waals surface area (Å²) in [6.45, 7) is 8.32. The highest BCUT2D eigenvalue weighted by molar-refractivity contribution is 5.70. The van der Waals surface area contributed by atoms with E-state index in [2.05, 4.69) is 17.9 Å². The zero-order chi connectivity index (χ0) is 10.3. The van der Waals surface area contributed by atoms with Crippen LogP contribution in [0.4, 0.5) is 0 Å². The van der Waals surface area contributed by atoms with E-state index < -0.39 is 0 Å². The van der Waals surface area contributed by atoms with Crippen LogP contribution in [-0.4, -0.2) is 18.9 Å². The van der Waals surface area contributed by atoms with Crippen molar-refractivity contribution in [3.05, 3.63) is 24.7 Å². The third-order valence-electron chi connectivity index (χ3n) is 1.09. The lowest BCUT2D eigenvalue weighted by Crippen LogP contribution is -2.07. The molecule has 0 heterocycles. The highest BCUT2D eigenvalue weighted by Gasteiger charge is 2.02. The van der Waals surface area contributed by atoms with E-state index in [0.29, 0.717) is 12.7 Å². The topological polar surface area (TPSA) is 52.6 Å². The molecule has 4 heteroatoms. The van der Waals surface area contributed by atoms with Gasteiger partial charge in [0, 0.05) is 6.42 Å². The molecule has 0 aliphatic carbocycles. The van der Waals surface area contributed by atoms with Crippen molar-refractivity contribution in [3.63, 3.8) is 0 Å². The van der Waals surface area contributed by atoms with Gasteiger partial charge in [0.15, 0.2) is 12.0 Å². The molecule has 4 nitrogen and oxygen atoms in total. The molecule has 0 N–H and O–H groups in total. The van der Waals surface area contributed by atoms with Crippen LogP contribution in [0.3, 0.4) is 0 Å². The molecule has 0 aliphatic heterocycles.